The van der Waals surface area contributed by atoms with Crippen LogP contribution in [0, 0.1) is 13.8 Å². The van der Waals surface area contributed by atoms with Gasteiger partial charge in [0.05, 0.1) is 20.2 Å². The Kier molecular flexibility index (Phi) is 6.58. The number of Topliss-reactive ketones (excluding diaryl/α,β-unsaturated/α-hetero) is 1. The van der Waals surface area contributed by atoms with Crippen LogP contribution in [0.15, 0.2) is 30.3 Å². The van der Waals surface area contributed by atoms with Crippen LogP contribution in [-0.2, 0) is 11.8 Å². The summed E-state index contributed by atoms with van der Waals surface area (Å²) in [6.45, 7) is 6.86. The molecule has 1 aromatic carbocycles. The Morgan fingerprint density at radius 3 is 2.31 bits per heavy atom. The van der Waals surface area contributed by atoms with Gasteiger partial charge in [-0.25, -0.2) is 0 Å². The van der Waals surface area contributed by atoms with Crippen LogP contribution in [0.2, 0.25) is 0 Å². The van der Waals surface area contributed by atoms with E-state index in [0.29, 0.717) is 12.2 Å². The number of nitrogens with zero attached hydrogens (tertiary/aromatic N) is 2. The molecular weight excluding hydrogens is 330 g/mol. The van der Waals surface area contributed by atoms with Crippen molar-refractivity contribution in [1.82, 2.24) is 9.47 Å². The first-order chi connectivity index (χ1) is 12.3. The molecule has 1 N–H and O–H groups in total. The molecular formula is C20H27N3O3. The average molecular weight is 357 g/mol. The fourth-order valence-electron chi connectivity index (χ4n) is 2.78. The molecule has 140 valence electrons. The first-order valence-electron chi connectivity index (χ1n) is 8.68. The van der Waals surface area contributed by atoms with Gasteiger partial charge in [0.2, 0.25) is 5.91 Å². The van der Waals surface area contributed by atoms with Gasteiger partial charge in [0, 0.05) is 29.7 Å². The van der Waals surface area contributed by atoms with Crippen LogP contribution in [0.25, 0.3) is 0 Å². The Balaban J connectivity index is 1.96. The first kappa shape index (κ1) is 19.7. The van der Waals surface area contributed by atoms with E-state index in [1.165, 1.54) is 0 Å². The third kappa shape index (κ3) is 4.73. The molecule has 2 aromatic rings. The molecule has 1 aromatic heterocycles. The molecule has 6 heteroatoms. The van der Waals surface area contributed by atoms with Crippen molar-refractivity contribution in [3.63, 3.8) is 0 Å². The van der Waals surface area contributed by atoms with Crippen molar-refractivity contribution in [2.45, 2.75) is 20.8 Å². The van der Waals surface area contributed by atoms with Crippen LogP contribution in [0.4, 0.5) is 5.69 Å². The van der Waals surface area contributed by atoms with E-state index >= 15 is 0 Å². The SMILES string of the molecule is CCN(CC(=O)Nc1ccc(OC)cc1)CC(=O)c1cc(C)n(C)c1C. The lowest BCUT2D eigenvalue weighted by Gasteiger charge is -2.19. The van der Waals surface area contributed by atoms with E-state index in [1.54, 1.807) is 31.4 Å². The zero-order chi connectivity index (χ0) is 19.3. The molecule has 1 amide bonds. The molecule has 6 nitrogen and oxygen atoms in total. The fraction of sp³-hybridized carbons (Fsp3) is 0.400. The molecule has 0 aliphatic heterocycles. The molecule has 0 spiro atoms. The van der Waals surface area contributed by atoms with Crippen molar-refractivity contribution in [2.75, 3.05) is 32.1 Å². The number of ketones is 1. The molecule has 0 fully saturated rings. The van der Waals surface area contributed by atoms with Gasteiger partial charge in [-0.15, -0.1) is 0 Å². The summed E-state index contributed by atoms with van der Waals surface area (Å²) in [7, 11) is 3.54. The largest absolute Gasteiger partial charge is 0.497 e. The Morgan fingerprint density at radius 1 is 1.15 bits per heavy atom. The predicted molar refractivity (Wildman–Crippen MR) is 103 cm³/mol. The van der Waals surface area contributed by atoms with Crippen LogP contribution in [0.3, 0.4) is 0 Å². The van der Waals surface area contributed by atoms with Gasteiger partial charge in [-0.3, -0.25) is 14.5 Å². The summed E-state index contributed by atoms with van der Waals surface area (Å²) >= 11 is 0. The second-order valence-electron chi connectivity index (χ2n) is 6.35. The molecule has 2 rings (SSSR count). The monoisotopic (exact) mass is 357 g/mol. The summed E-state index contributed by atoms with van der Waals surface area (Å²) in [4.78, 5) is 26.7. The number of rotatable bonds is 8. The normalized spacial score (nSPS) is 10.8. The highest BCUT2D eigenvalue weighted by atomic mass is 16.5. The van der Waals surface area contributed by atoms with Gasteiger partial charge in [0.25, 0.3) is 0 Å². The van der Waals surface area contributed by atoms with E-state index in [1.807, 2.05) is 43.4 Å². The number of carbonyl (C=O) groups is 2. The number of aryl methyl sites for hydroxylation is 1. The number of hydrogen-bond acceptors (Lipinski definition) is 4. The van der Waals surface area contributed by atoms with E-state index < -0.39 is 0 Å². The molecule has 0 unspecified atom stereocenters. The van der Waals surface area contributed by atoms with E-state index in [9.17, 15) is 9.59 Å². The van der Waals surface area contributed by atoms with Crippen LogP contribution in [-0.4, -0.2) is 47.9 Å². The van der Waals surface area contributed by atoms with Crippen LogP contribution in [0.1, 0.15) is 28.7 Å². The van der Waals surface area contributed by atoms with Crippen molar-refractivity contribution < 1.29 is 14.3 Å². The summed E-state index contributed by atoms with van der Waals surface area (Å²) in [6.07, 6.45) is 0. The summed E-state index contributed by atoms with van der Waals surface area (Å²) in [5, 5.41) is 2.84. The molecule has 0 radical (unpaired) electrons. The lowest BCUT2D eigenvalue weighted by Crippen LogP contribution is -2.36. The summed E-state index contributed by atoms with van der Waals surface area (Å²) < 4.78 is 7.10. The quantitative estimate of drug-likeness (QED) is 0.738. The van der Waals surface area contributed by atoms with Gasteiger partial charge in [-0.2, -0.15) is 0 Å². The number of nitrogens with one attached hydrogen (secondary N) is 1. The van der Waals surface area contributed by atoms with Gasteiger partial charge < -0.3 is 14.6 Å². The maximum absolute atomic E-state index is 12.6. The van der Waals surface area contributed by atoms with Crippen LogP contribution in [0.5, 0.6) is 5.75 Å². The lowest BCUT2D eigenvalue weighted by molar-refractivity contribution is -0.117. The third-order valence-corrected chi connectivity index (χ3v) is 4.63. The minimum atomic E-state index is -0.147. The lowest BCUT2D eigenvalue weighted by atomic mass is 10.1. The zero-order valence-electron chi connectivity index (χ0n) is 16.1. The highest BCUT2D eigenvalue weighted by Gasteiger charge is 2.18. The minimum absolute atomic E-state index is 0.0327. The third-order valence-electron chi connectivity index (χ3n) is 4.63. The van der Waals surface area contributed by atoms with E-state index in [4.69, 9.17) is 4.74 Å². The van der Waals surface area contributed by atoms with E-state index in [2.05, 4.69) is 5.32 Å². The van der Waals surface area contributed by atoms with Crippen molar-refractivity contribution in [3.8, 4) is 5.75 Å². The number of methoxy groups -OCH3 is 1. The molecule has 0 aliphatic carbocycles. The van der Waals surface area contributed by atoms with Gasteiger partial charge in [0.1, 0.15) is 5.75 Å². The Bertz CT molecular complexity index is 778. The van der Waals surface area contributed by atoms with Gasteiger partial charge in [-0.1, -0.05) is 6.92 Å². The fourth-order valence-corrected chi connectivity index (χ4v) is 2.78. The van der Waals surface area contributed by atoms with Gasteiger partial charge in [-0.05, 0) is 50.7 Å². The number of likely N-dealkylation sites (N-methyl/N-ethyl adjacent to an activating group) is 1. The number of ether oxygens (including phenoxy) is 1. The molecule has 0 aliphatic rings. The number of benzene rings is 1. The standard InChI is InChI=1S/C20H27N3O3/c1-6-23(12-19(24)18-11-14(2)22(4)15(18)3)13-20(25)21-16-7-9-17(26-5)10-8-16/h7-11H,6,12-13H2,1-5H3,(H,21,25). The number of aromatic nitrogens is 1. The van der Waals surface area contributed by atoms with Crippen LogP contribution < -0.4 is 10.1 Å². The Hall–Kier alpha value is -2.60. The molecule has 0 saturated carbocycles. The molecule has 0 atom stereocenters. The molecule has 1 heterocycles. The second kappa shape index (κ2) is 8.67. The molecule has 0 saturated heterocycles. The maximum atomic E-state index is 12.6. The zero-order valence-corrected chi connectivity index (χ0v) is 16.1. The maximum Gasteiger partial charge on any atom is 0.238 e. The van der Waals surface area contributed by atoms with E-state index in [0.717, 1.165) is 22.7 Å². The summed E-state index contributed by atoms with van der Waals surface area (Å²) in [6, 6.07) is 9.06. The Labute approximate surface area is 154 Å². The predicted octanol–water partition coefficient (Wildman–Crippen LogP) is 2.79. The van der Waals surface area contributed by atoms with Crippen molar-refractivity contribution in [2.24, 2.45) is 7.05 Å². The average Bonchev–Trinajstić information content (AvgIpc) is 2.89. The second-order valence-corrected chi connectivity index (χ2v) is 6.35. The molecule has 26 heavy (non-hydrogen) atoms. The van der Waals surface area contributed by atoms with Gasteiger partial charge in [0.15, 0.2) is 5.78 Å². The summed E-state index contributed by atoms with van der Waals surface area (Å²) in [5.74, 6) is 0.619. The van der Waals surface area contributed by atoms with Gasteiger partial charge >= 0.3 is 0 Å². The van der Waals surface area contributed by atoms with Crippen molar-refractivity contribution in [1.29, 1.82) is 0 Å². The highest BCUT2D eigenvalue weighted by Crippen LogP contribution is 2.16. The smallest absolute Gasteiger partial charge is 0.238 e. The first-order valence-corrected chi connectivity index (χ1v) is 8.68. The van der Waals surface area contributed by atoms with E-state index in [-0.39, 0.29) is 24.8 Å². The van der Waals surface area contributed by atoms with Crippen molar-refractivity contribution in [3.05, 3.63) is 47.3 Å². The highest BCUT2D eigenvalue weighted by molar-refractivity contribution is 5.99. The van der Waals surface area contributed by atoms with Crippen LogP contribution >= 0.6 is 0 Å². The Morgan fingerprint density at radius 2 is 1.81 bits per heavy atom. The van der Waals surface area contributed by atoms with Crippen molar-refractivity contribution >= 4 is 17.4 Å². The number of anilines is 1. The molecule has 0 bridgehead atoms. The number of hydrogen-bond donors (Lipinski definition) is 1. The minimum Gasteiger partial charge on any atom is -0.497 e. The topological polar surface area (TPSA) is 63.6 Å². The number of carbonyl (C=O) groups excluding carboxylic acids is 2. The number of amides is 1. The summed E-state index contributed by atoms with van der Waals surface area (Å²) in [5.41, 5.74) is 3.42.